The molecule has 14 heteroatoms. The highest BCUT2D eigenvalue weighted by Gasteiger charge is 2.64. The van der Waals surface area contributed by atoms with Crippen LogP contribution in [0.3, 0.4) is 0 Å². The highest BCUT2D eigenvalue weighted by atomic mass is 32.2. The van der Waals surface area contributed by atoms with Crippen LogP contribution in [0, 0.1) is 0 Å². The molecular formula is C15H14F3N7O3S. The van der Waals surface area contributed by atoms with Crippen molar-refractivity contribution in [2.45, 2.75) is 23.0 Å². The number of pyridine rings is 1. The lowest BCUT2D eigenvalue weighted by Crippen LogP contribution is -2.46. The number of aromatic nitrogens is 6. The number of rotatable bonds is 4. The summed E-state index contributed by atoms with van der Waals surface area (Å²) in [4.78, 5) is 7.87. The summed E-state index contributed by atoms with van der Waals surface area (Å²) in [5, 5.41) is 10.3. The van der Waals surface area contributed by atoms with Gasteiger partial charge in [0, 0.05) is 26.3 Å². The monoisotopic (exact) mass is 429 g/mol. The molecule has 1 aliphatic heterocycles. The molecule has 0 radical (unpaired) electrons. The molecule has 0 aromatic carbocycles. The van der Waals surface area contributed by atoms with Gasteiger partial charge in [-0.15, -0.1) is 5.10 Å². The lowest BCUT2D eigenvalue weighted by atomic mass is 9.86. The average molecular weight is 429 g/mol. The van der Waals surface area contributed by atoms with Crippen molar-refractivity contribution in [1.29, 1.82) is 0 Å². The lowest BCUT2D eigenvalue weighted by Gasteiger charge is -2.27. The minimum Gasteiger partial charge on any atom is -0.338 e. The van der Waals surface area contributed by atoms with Crippen LogP contribution in [0.15, 0.2) is 40.1 Å². The van der Waals surface area contributed by atoms with Crippen molar-refractivity contribution in [2.24, 2.45) is 7.05 Å². The smallest absolute Gasteiger partial charge is 0.338 e. The Morgan fingerprint density at radius 1 is 1.28 bits per heavy atom. The van der Waals surface area contributed by atoms with Crippen LogP contribution in [0.2, 0.25) is 0 Å². The molecule has 3 aromatic heterocycles. The van der Waals surface area contributed by atoms with E-state index in [1.807, 2.05) is 0 Å². The van der Waals surface area contributed by atoms with Crippen LogP contribution in [0.4, 0.5) is 13.2 Å². The van der Waals surface area contributed by atoms with E-state index in [0.29, 0.717) is 0 Å². The molecule has 0 saturated carbocycles. The Morgan fingerprint density at radius 2 is 2.07 bits per heavy atom. The van der Waals surface area contributed by atoms with Crippen LogP contribution >= 0.6 is 0 Å². The zero-order chi connectivity index (χ0) is 20.9. The number of alkyl halides is 3. The molecule has 29 heavy (non-hydrogen) atoms. The molecule has 1 unspecified atom stereocenters. The van der Waals surface area contributed by atoms with Crippen LogP contribution in [0.25, 0.3) is 11.5 Å². The van der Waals surface area contributed by atoms with Gasteiger partial charge in [0.2, 0.25) is 11.7 Å². The largest absolute Gasteiger partial charge is 0.404 e. The third-order valence-corrected chi connectivity index (χ3v) is 6.67. The van der Waals surface area contributed by atoms with E-state index in [1.165, 1.54) is 19.3 Å². The number of sulfonamides is 1. The fourth-order valence-electron chi connectivity index (χ4n) is 3.17. The zero-order valence-corrected chi connectivity index (χ0v) is 15.7. The van der Waals surface area contributed by atoms with E-state index in [4.69, 9.17) is 4.52 Å². The summed E-state index contributed by atoms with van der Waals surface area (Å²) in [6.45, 7) is -1.28. The maximum absolute atomic E-state index is 14.1. The Labute approximate surface area is 162 Å². The van der Waals surface area contributed by atoms with Crippen LogP contribution < -0.4 is 0 Å². The van der Waals surface area contributed by atoms with Crippen LogP contribution in [-0.2, 0) is 22.5 Å². The molecule has 0 bridgehead atoms. The van der Waals surface area contributed by atoms with Gasteiger partial charge in [-0.3, -0.25) is 4.98 Å². The second-order valence-electron chi connectivity index (χ2n) is 6.50. The van der Waals surface area contributed by atoms with Crippen LogP contribution in [-0.4, -0.2) is 62.1 Å². The standard InChI is InChI=1S/C15H14F3N7O3S/c1-24-11(8-20-23-24)29(26,27)25-7-5-14(9-25,15(16,17)18)13-21-12(22-28-13)10-4-2-3-6-19-10/h2-4,6,8H,5,7,9H2,1H3. The van der Waals surface area contributed by atoms with E-state index in [9.17, 15) is 21.6 Å². The Hall–Kier alpha value is -2.87. The minimum absolute atomic E-state index is 0.110. The van der Waals surface area contributed by atoms with Crippen LogP contribution in [0.5, 0.6) is 0 Å². The van der Waals surface area contributed by atoms with Crippen LogP contribution in [0.1, 0.15) is 12.3 Å². The minimum atomic E-state index is -4.82. The van der Waals surface area contributed by atoms with Crippen molar-refractivity contribution in [2.75, 3.05) is 13.1 Å². The maximum Gasteiger partial charge on any atom is 0.404 e. The molecule has 4 rings (SSSR count). The highest BCUT2D eigenvalue weighted by molar-refractivity contribution is 7.89. The zero-order valence-electron chi connectivity index (χ0n) is 14.9. The summed E-state index contributed by atoms with van der Waals surface area (Å²) in [6, 6.07) is 4.79. The predicted octanol–water partition coefficient (Wildman–Crippen LogP) is 1.15. The molecule has 154 valence electrons. The number of nitrogens with zero attached hydrogens (tertiary/aromatic N) is 7. The first-order valence-electron chi connectivity index (χ1n) is 8.32. The predicted molar refractivity (Wildman–Crippen MR) is 89.6 cm³/mol. The molecule has 0 aliphatic carbocycles. The Balaban J connectivity index is 1.72. The lowest BCUT2D eigenvalue weighted by molar-refractivity contribution is -0.192. The first-order chi connectivity index (χ1) is 13.6. The topological polar surface area (TPSA) is 120 Å². The Morgan fingerprint density at radius 3 is 2.69 bits per heavy atom. The number of halogens is 3. The third-order valence-electron chi connectivity index (χ3n) is 4.78. The van der Waals surface area contributed by atoms with Gasteiger partial charge in [0.15, 0.2) is 10.4 Å². The molecule has 1 atom stereocenters. The van der Waals surface area contributed by atoms with Gasteiger partial charge in [0.25, 0.3) is 10.0 Å². The quantitative estimate of drug-likeness (QED) is 0.606. The van der Waals surface area contributed by atoms with E-state index in [-0.39, 0.29) is 23.1 Å². The van der Waals surface area contributed by atoms with Crippen molar-refractivity contribution < 1.29 is 26.1 Å². The van der Waals surface area contributed by atoms with Crippen molar-refractivity contribution in [3.63, 3.8) is 0 Å². The summed E-state index contributed by atoms with van der Waals surface area (Å²) in [5.74, 6) is -0.812. The Kier molecular flexibility index (Phi) is 4.42. The van der Waals surface area contributed by atoms with Gasteiger partial charge in [0.05, 0.1) is 6.20 Å². The molecule has 10 nitrogen and oxygen atoms in total. The van der Waals surface area contributed by atoms with E-state index in [0.717, 1.165) is 15.2 Å². The average Bonchev–Trinajstić information content (AvgIpc) is 3.41. The number of hydrogen-bond donors (Lipinski definition) is 0. The van der Waals surface area contributed by atoms with Gasteiger partial charge < -0.3 is 4.52 Å². The second kappa shape index (κ2) is 6.59. The molecule has 4 heterocycles. The van der Waals surface area contributed by atoms with Crippen molar-refractivity contribution >= 4 is 10.0 Å². The van der Waals surface area contributed by atoms with Gasteiger partial charge in [-0.1, -0.05) is 16.4 Å². The van der Waals surface area contributed by atoms with Crippen molar-refractivity contribution in [3.05, 3.63) is 36.5 Å². The molecular weight excluding hydrogens is 415 g/mol. The van der Waals surface area contributed by atoms with Gasteiger partial charge in [0.1, 0.15) is 5.69 Å². The summed E-state index contributed by atoms with van der Waals surface area (Å²) in [5.41, 5.74) is -2.39. The van der Waals surface area contributed by atoms with E-state index in [2.05, 4.69) is 25.4 Å². The highest BCUT2D eigenvalue weighted by Crippen LogP contribution is 2.48. The molecule has 1 aliphatic rings. The first kappa shape index (κ1) is 19.4. The molecule has 0 amide bonds. The fraction of sp³-hybridized carbons (Fsp3) is 0.400. The molecule has 0 N–H and O–H groups in total. The number of aryl methyl sites for hydroxylation is 1. The van der Waals surface area contributed by atoms with E-state index in [1.54, 1.807) is 12.1 Å². The fourth-order valence-corrected chi connectivity index (χ4v) is 4.71. The SMILES string of the molecule is Cn1nncc1S(=O)(=O)N1CCC(c2nc(-c3ccccn3)no2)(C(F)(F)F)C1. The molecule has 0 spiro atoms. The van der Waals surface area contributed by atoms with Crippen molar-refractivity contribution in [3.8, 4) is 11.5 Å². The van der Waals surface area contributed by atoms with Gasteiger partial charge in [-0.2, -0.15) is 22.5 Å². The van der Waals surface area contributed by atoms with Gasteiger partial charge in [-0.05, 0) is 18.6 Å². The second-order valence-corrected chi connectivity index (χ2v) is 8.39. The normalized spacial score (nSPS) is 21.0. The maximum atomic E-state index is 14.1. The molecule has 1 fully saturated rings. The Bertz CT molecular complexity index is 1130. The van der Waals surface area contributed by atoms with Gasteiger partial charge >= 0.3 is 6.18 Å². The molecule has 1 saturated heterocycles. The summed E-state index contributed by atoms with van der Waals surface area (Å²) < 4.78 is 74.5. The first-order valence-corrected chi connectivity index (χ1v) is 9.76. The molecule has 3 aromatic rings. The number of hydrogen-bond acceptors (Lipinski definition) is 8. The van der Waals surface area contributed by atoms with E-state index < -0.39 is 40.5 Å². The van der Waals surface area contributed by atoms with E-state index >= 15 is 0 Å². The summed E-state index contributed by atoms with van der Waals surface area (Å²) in [6.07, 6.45) is -2.97. The summed E-state index contributed by atoms with van der Waals surface area (Å²) >= 11 is 0. The van der Waals surface area contributed by atoms with Crippen molar-refractivity contribution in [1.82, 2.24) is 34.4 Å². The third kappa shape index (κ3) is 3.07. The summed E-state index contributed by atoms with van der Waals surface area (Å²) in [7, 11) is -2.90. The van der Waals surface area contributed by atoms with Gasteiger partial charge in [-0.25, -0.2) is 13.1 Å².